The van der Waals surface area contributed by atoms with Gasteiger partial charge >= 0.3 is 0 Å². The molecule has 1 amide bonds. The number of nitrogens with one attached hydrogen (secondary N) is 1. The minimum Gasteiger partial charge on any atom is -0.361 e. The summed E-state index contributed by atoms with van der Waals surface area (Å²) in [6.07, 6.45) is 1.03. The zero-order valence-corrected chi connectivity index (χ0v) is 16.0. The SMILES string of the molecule is Cc1csc(Sc2ccc(NC(=O)CCc3c(C)noc3C)cc2)n1. The molecule has 2 aromatic heterocycles. The number of hydrogen-bond acceptors (Lipinski definition) is 6. The standard InChI is InChI=1S/C18H19N3O2S2/c1-11-10-24-18(19-11)25-15-6-4-14(5-7-15)20-17(22)9-8-16-12(2)21-23-13(16)3/h4-7,10H,8-9H2,1-3H3,(H,20,22). The van der Waals surface area contributed by atoms with Crippen molar-refractivity contribution < 1.29 is 9.32 Å². The lowest BCUT2D eigenvalue weighted by Gasteiger charge is -2.06. The molecule has 25 heavy (non-hydrogen) atoms. The first-order valence-corrected chi connectivity index (χ1v) is 9.62. The van der Waals surface area contributed by atoms with E-state index in [1.54, 1.807) is 23.1 Å². The van der Waals surface area contributed by atoms with Gasteiger partial charge in [0, 0.05) is 33.6 Å². The fourth-order valence-electron chi connectivity index (χ4n) is 2.41. The maximum Gasteiger partial charge on any atom is 0.224 e. The Hall–Kier alpha value is -2.12. The van der Waals surface area contributed by atoms with Gasteiger partial charge in [-0.2, -0.15) is 0 Å². The van der Waals surface area contributed by atoms with Gasteiger partial charge in [-0.3, -0.25) is 4.79 Å². The van der Waals surface area contributed by atoms with E-state index in [0.29, 0.717) is 12.8 Å². The third-order valence-corrected chi connectivity index (χ3v) is 5.79. The van der Waals surface area contributed by atoms with Crippen molar-refractivity contribution in [2.24, 2.45) is 0 Å². The first kappa shape index (κ1) is 17.7. The van der Waals surface area contributed by atoms with E-state index >= 15 is 0 Å². The van der Waals surface area contributed by atoms with Gasteiger partial charge in [0.2, 0.25) is 5.91 Å². The zero-order chi connectivity index (χ0) is 17.8. The van der Waals surface area contributed by atoms with Gasteiger partial charge in [0.1, 0.15) is 5.76 Å². The smallest absolute Gasteiger partial charge is 0.224 e. The fraction of sp³-hybridized carbons (Fsp3) is 0.278. The highest BCUT2D eigenvalue weighted by molar-refractivity contribution is 8.01. The molecule has 7 heteroatoms. The van der Waals surface area contributed by atoms with E-state index in [0.717, 1.165) is 37.6 Å². The van der Waals surface area contributed by atoms with Gasteiger partial charge in [0.25, 0.3) is 0 Å². The molecule has 1 aromatic carbocycles. The van der Waals surface area contributed by atoms with Crippen LogP contribution in [0.3, 0.4) is 0 Å². The molecule has 0 atom stereocenters. The summed E-state index contributed by atoms with van der Waals surface area (Å²) in [5, 5.41) is 8.87. The van der Waals surface area contributed by atoms with Crippen molar-refractivity contribution >= 4 is 34.7 Å². The molecule has 0 unspecified atom stereocenters. The molecular formula is C18H19N3O2S2. The first-order valence-electron chi connectivity index (χ1n) is 7.93. The van der Waals surface area contributed by atoms with Gasteiger partial charge in [-0.15, -0.1) is 11.3 Å². The van der Waals surface area contributed by atoms with Gasteiger partial charge in [0.15, 0.2) is 4.34 Å². The van der Waals surface area contributed by atoms with E-state index in [2.05, 4.69) is 15.5 Å². The van der Waals surface area contributed by atoms with Crippen LogP contribution in [0.1, 0.15) is 29.1 Å². The summed E-state index contributed by atoms with van der Waals surface area (Å²) in [6.45, 7) is 5.75. The van der Waals surface area contributed by atoms with Crippen molar-refractivity contribution in [3.05, 3.63) is 52.4 Å². The Balaban J connectivity index is 1.53. The van der Waals surface area contributed by atoms with Crippen LogP contribution < -0.4 is 5.32 Å². The molecule has 0 saturated carbocycles. The number of anilines is 1. The maximum atomic E-state index is 12.1. The number of carbonyl (C=O) groups is 1. The molecule has 130 valence electrons. The van der Waals surface area contributed by atoms with Crippen LogP contribution in [0, 0.1) is 20.8 Å². The van der Waals surface area contributed by atoms with Crippen LogP contribution in [0.2, 0.25) is 0 Å². The normalized spacial score (nSPS) is 10.8. The molecule has 0 spiro atoms. The highest BCUT2D eigenvalue weighted by Gasteiger charge is 2.11. The highest BCUT2D eigenvalue weighted by atomic mass is 32.2. The summed E-state index contributed by atoms with van der Waals surface area (Å²) < 4.78 is 6.14. The Bertz CT molecular complexity index is 849. The molecule has 1 N–H and O–H groups in total. The highest BCUT2D eigenvalue weighted by Crippen LogP contribution is 2.30. The molecule has 2 heterocycles. The van der Waals surface area contributed by atoms with Crippen molar-refractivity contribution in [2.45, 2.75) is 42.8 Å². The fourth-order valence-corrected chi connectivity index (χ4v) is 4.22. The lowest BCUT2D eigenvalue weighted by molar-refractivity contribution is -0.116. The second kappa shape index (κ2) is 7.84. The van der Waals surface area contributed by atoms with Crippen LogP contribution in [0.5, 0.6) is 0 Å². The molecule has 0 radical (unpaired) electrons. The third kappa shape index (κ3) is 4.70. The van der Waals surface area contributed by atoms with Crippen LogP contribution in [0.25, 0.3) is 0 Å². The number of rotatable bonds is 6. The molecule has 0 aliphatic carbocycles. The van der Waals surface area contributed by atoms with E-state index in [-0.39, 0.29) is 5.91 Å². The molecule has 0 fully saturated rings. The Labute approximate surface area is 154 Å². The van der Waals surface area contributed by atoms with Crippen molar-refractivity contribution in [1.29, 1.82) is 0 Å². The average Bonchev–Trinajstić information content (AvgIpc) is 3.13. The average molecular weight is 374 g/mol. The molecule has 0 aliphatic rings. The van der Waals surface area contributed by atoms with E-state index in [1.807, 2.05) is 50.4 Å². The molecule has 0 saturated heterocycles. The lowest BCUT2D eigenvalue weighted by atomic mass is 10.1. The van der Waals surface area contributed by atoms with Gasteiger partial charge in [0.05, 0.1) is 5.69 Å². The van der Waals surface area contributed by atoms with Crippen molar-refractivity contribution in [3.8, 4) is 0 Å². The topological polar surface area (TPSA) is 68.0 Å². The van der Waals surface area contributed by atoms with Crippen molar-refractivity contribution in [1.82, 2.24) is 10.1 Å². The minimum atomic E-state index is -0.0176. The lowest BCUT2D eigenvalue weighted by Crippen LogP contribution is -2.12. The summed E-state index contributed by atoms with van der Waals surface area (Å²) in [7, 11) is 0. The quantitative estimate of drug-likeness (QED) is 0.673. The Kier molecular flexibility index (Phi) is 5.55. The van der Waals surface area contributed by atoms with Crippen LogP contribution in [0.4, 0.5) is 5.69 Å². The van der Waals surface area contributed by atoms with Crippen molar-refractivity contribution in [2.75, 3.05) is 5.32 Å². The first-order chi connectivity index (χ1) is 12.0. The van der Waals surface area contributed by atoms with Gasteiger partial charge < -0.3 is 9.84 Å². The van der Waals surface area contributed by atoms with Crippen LogP contribution in [-0.2, 0) is 11.2 Å². The number of benzene rings is 1. The Morgan fingerprint density at radius 1 is 1.24 bits per heavy atom. The molecular weight excluding hydrogens is 354 g/mol. The summed E-state index contributed by atoms with van der Waals surface area (Å²) in [6, 6.07) is 7.81. The largest absolute Gasteiger partial charge is 0.361 e. The number of amides is 1. The minimum absolute atomic E-state index is 0.0176. The molecule has 0 aliphatic heterocycles. The maximum absolute atomic E-state index is 12.1. The van der Waals surface area contributed by atoms with Gasteiger partial charge in [-0.1, -0.05) is 16.9 Å². The van der Waals surface area contributed by atoms with E-state index < -0.39 is 0 Å². The van der Waals surface area contributed by atoms with Crippen molar-refractivity contribution in [3.63, 3.8) is 0 Å². The predicted molar refractivity (Wildman–Crippen MR) is 100 cm³/mol. The predicted octanol–water partition coefficient (Wildman–Crippen LogP) is 4.78. The summed E-state index contributed by atoms with van der Waals surface area (Å²) >= 11 is 3.26. The van der Waals surface area contributed by atoms with E-state index in [9.17, 15) is 4.79 Å². The summed E-state index contributed by atoms with van der Waals surface area (Å²) in [4.78, 5) is 17.7. The second-order valence-corrected chi connectivity index (χ2v) is 7.91. The number of nitrogens with zero attached hydrogens (tertiary/aromatic N) is 2. The summed E-state index contributed by atoms with van der Waals surface area (Å²) in [5.74, 6) is 0.764. The van der Waals surface area contributed by atoms with E-state index in [4.69, 9.17) is 4.52 Å². The number of carbonyl (C=O) groups excluding carboxylic acids is 1. The van der Waals surface area contributed by atoms with Crippen LogP contribution in [0.15, 0.2) is 43.4 Å². The van der Waals surface area contributed by atoms with Gasteiger partial charge in [-0.05, 0) is 51.5 Å². The Morgan fingerprint density at radius 2 is 2.00 bits per heavy atom. The van der Waals surface area contributed by atoms with Crippen LogP contribution in [-0.4, -0.2) is 16.0 Å². The summed E-state index contributed by atoms with van der Waals surface area (Å²) in [5.41, 5.74) is 3.70. The van der Waals surface area contributed by atoms with Gasteiger partial charge in [-0.25, -0.2) is 4.98 Å². The second-order valence-electron chi connectivity index (χ2n) is 5.73. The molecule has 3 rings (SSSR count). The molecule has 3 aromatic rings. The monoisotopic (exact) mass is 373 g/mol. The zero-order valence-electron chi connectivity index (χ0n) is 14.3. The van der Waals surface area contributed by atoms with E-state index in [1.165, 1.54) is 0 Å². The number of thiazole rings is 1. The van der Waals surface area contributed by atoms with Crippen LogP contribution >= 0.6 is 23.1 Å². The number of aromatic nitrogens is 2. The number of hydrogen-bond donors (Lipinski definition) is 1. The molecule has 5 nitrogen and oxygen atoms in total. The Morgan fingerprint density at radius 3 is 2.60 bits per heavy atom. The third-order valence-electron chi connectivity index (χ3n) is 3.72. The number of aryl methyl sites for hydroxylation is 3. The molecule has 0 bridgehead atoms.